The van der Waals surface area contributed by atoms with Gasteiger partial charge in [0.15, 0.2) is 0 Å². The maximum absolute atomic E-state index is 13.6. The van der Waals surface area contributed by atoms with E-state index >= 15 is 0 Å². The molecule has 15 heteroatoms. The van der Waals surface area contributed by atoms with Gasteiger partial charge >= 0.3 is 18.3 Å². The number of nitrogens with one attached hydrogen (secondary N) is 2. The molecule has 2 amide bonds. The monoisotopic (exact) mass is 1040 g/mol. The normalized spacial score (nSPS) is 22.2. The predicted molar refractivity (Wildman–Crippen MR) is 254 cm³/mol. The van der Waals surface area contributed by atoms with Gasteiger partial charge in [0.05, 0.1) is 40.9 Å². The van der Waals surface area contributed by atoms with Crippen molar-refractivity contribution >= 4 is 51.7 Å². The van der Waals surface area contributed by atoms with Crippen LogP contribution in [0, 0.1) is 3.57 Å². The molecule has 8 nitrogen and oxygen atoms in total. The van der Waals surface area contributed by atoms with Crippen LogP contribution in [0.5, 0.6) is 0 Å². The molecule has 0 spiro atoms. The Bertz CT molecular complexity index is 2840. The number of halogens is 7. The summed E-state index contributed by atoms with van der Waals surface area (Å²) < 4.78 is 79.6. The van der Waals surface area contributed by atoms with E-state index in [1.54, 1.807) is 17.0 Å². The lowest BCUT2D eigenvalue weighted by Gasteiger charge is -2.26. The molecule has 0 bridgehead atoms. The minimum Gasteiger partial charge on any atom is -0.478 e. The SMILES string of the molecule is O=C(O)c1cccc([C@H]2C[C@@H](N[C@@H]3CCc4ccccc43)C(=O)N2c2ccc(C(F)(F)F)cc2)c1.O=C1[C@H](N[C@@H]2CCc3ccccc32)C[C@H](c2cccc(I)c2)N1c1ccc(C(F)(F)F)cc1. The third-order valence-corrected chi connectivity index (χ3v) is 14.1. The summed E-state index contributed by atoms with van der Waals surface area (Å²) in [6.45, 7) is 0. The van der Waals surface area contributed by atoms with E-state index in [0.717, 1.165) is 64.6 Å². The van der Waals surface area contributed by atoms with Gasteiger partial charge in [-0.15, -0.1) is 0 Å². The van der Waals surface area contributed by atoms with Crippen LogP contribution >= 0.6 is 22.6 Å². The number of alkyl halides is 6. The first-order chi connectivity index (χ1) is 32.5. The van der Waals surface area contributed by atoms with E-state index in [4.69, 9.17) is 0 Å². The van der Waals surface area contributed by atoms with Crippen molar-refractivity contribution in [1.82, 2.24) is 10.6 Å². The first-order valence-electron chi connectivity index (χ1n) is 22.3. The molecule has 68 heavy (non-hydrogen) atoms. The number of aryl methyl sites for hydroxylation is 2. The molecule has 10 rings (SSSR count). The van der Waals surface area contributed by atoms with Gasteiger partial charge in [-0.25, -0.2) is 4.79 Å². The lowest BCUT2D eigenvalue weighted by molar-refractivity contribution is -0.138. The average molecular weight is 1040 g/mol. The number of carboxylic acid groups (broad SMARTS) is 1. The van der Waals surface area contributed by atoms with E-state index in [9.17, 15) is 45.8 Å². The van der Waals surface area contributed by atoms with E-state index in [1.165, 1.54) is 58.0 Å². The summed E-state index contributed by atoms with van der Waals surface area (Å²) in [7, 11) is 0. The predicted octanol–water partition coefficient (Wildman–Crippen LogP) is 12.0. The van der Waals surface area contributed by atoms with E-state index in [0.29, 0.717) is 29.8 Å². The van der Waals surface area contributed by atoms with Crippen LogP contribution in [0.2, 0.25) is 0 Å². The van der Waals surface area contributed by atoms with Crippen LogP contribution in [0.1, 0.15) is 105 Å². The molecule has 6 atom stereocenters. The van der Waals surface area contributed by atoms with Crippen LogP contribution in [-0.2, 0) is 34.8 Å². The summed E-state index contributed by atoms with van der Waals surface area (Å²) in [5.41, 5.74) is 5.90. The third-order valence-electron chi connectivity index (χ3n) is 13.4. The summed E-state index contributed by atoms with van der Waals surface area (Å²) in [5.74, 6) is -1.45. The van der Waals surface area contributed by atoms with Crippen LogP contribution in [0.3, 0.4) is 0 Å². The molecule has 4 aliphatic rings. The van der Waals surface area contributed by atoms with Crippen LogP contribution in [0.15, 0.2) is 146 Å². The molecule has 2 aliphatic heterocycles. The molecule has 2 saturated heterocycles. The number of carbonyl (C=O) groups is 3. The van der Waals surface area contributed by atoms with Crippen molar-refractivity contribution in [1.29, 1.82) is 0 Å². The second-order valence-electron chi connectivity index (χ2n) is 17.5. The van der Waals surface area contributed by atoms with Gasteiger partial charge < -0.3 is 14.9 Å². The molecule has 6 aromatic carbocycles. The Morgan fingerprint density at radius 1 is 0.544 bits per heavy atom. The van der Waals surface area contributed by atoms with Crippen LogP contribution in [-0.4, -0.2) is 35.0 Å². The zero-order valence-electron chi connectivity index (χ0n) is 36.3. The molecule has 6 aromatic rings. The highest BCUT2D eigenvalue weighted by molar-refractivity contribution is 14.1. The molecule has 0 saturated carbocycles. The van der Waals surface area contributed by atoms with E-state index in [-0.39, 0.29) is 35.5 Å². The summed E-state index contributed by atoms with van der Waals surface area (Å²) in [5, 5.41) is 16.5. The lowest BCUT2D eigenvalue weighted by Crippen LogP contribution is -2.40. The van der Waals surface area contributed by atoms with Crippen molar-refractivity contribution in [2.75, 3.05) is 9.80 Å². The highest BCUT2D eigenvalue weighted by Gasteiger charge is 2.45. The van der Waals surface area contributed by atoms with Gasteiger partial charge in [0.2, 0.25) is 11.8 Å². The second-order valence-corrected chi connectivity index (χ2v) is 18.8. The minimum absolute atomic E-state index is 0.00120. The van der Waals surface area contributed by atoms with Crippen LogP contribution < -0.4 is 20.4 Å². The molecule has 2 fully saturated rings. The maximum Gasteiger partial charge on any atom is 0.416 e. The van der Waals surface area contributed by atoms with E-state index < -0.39 is 47.6 Å². The summed E-state index contributed by atoms with van der Waals surface area (Å²) in [6, 6.07) is 38.3. The zero-order chi connectivity index (χ0) is 47.9. The average Bonchev–Trinajstić information content (AvgIpc) is 4.10. The minimum atomic E-state index is -4.48. The molecule has 350 valence electrons. The Kier molecular flexibility index (Phi) is 13.3. The fourth-order valence-corrected chi connectivity index (χ4v) is 10.7. The number of nitrogens with zero attached hydrogens (tertiary/aromatic N) is 2. The van der Waals surface area contributed by atoms with Crippen LogP contribution in [0.4, 0.5) is 37.7 Å². The number of fused-ring (bicyclic) bond motifs is 2. The van der Waals surface area contributed by atoms with E-state index in [1.807, 2.05) is 54.6 Å². The van der Waals surface area contributed by atoms with Crippen molar-refractivity contribution in [2.45, 2.75) is 87.1 Å². The smallest absolute Gasteiger partial charge is 0.416 e. The van der Waals surface area contributed by atoms with Gasteiger partial charge in [0, 0.05) is 27.0 Å². The number of aromatic carboxylic acids is 1. The largest absolute Gasteiger partial charge is 0.478 e. The number of carbonyl (C=O) groups excluding carboxylic acids is 2. The number of amides is 2. The fourth-order valence-electron chi connectivity index (χ4n) is 10.1. The molecule has 0 aromatic heterocycles. The van der Waals surface area contributed by atoms with Gasteiger partial charge in [0.25, 0.3) is 0 Å². The Morgan fingerprint density at radius 2 is 0.971 bits per heavy atom. The van der Waals surface area contributed by atoms with E-state index in [2.05, 4.69) is 51.4 Å². The molecular weight excluding hydrogens is 997 g/mol. The number of rotatable bonds is 9. The fraction of sp³-hybridized carbons (Fsp3) is 0.264. The molecular formula is C53H45F6IN4O4. The van der Waals surface area contributed by atoms with Gasteiger partial charge in [-0.2, -0.15) is 26.3 Å². The lowest BCUT2D eigenvalue weighted by atomic mass is 9.99. The summed E-state index contributed by atoms with van der Waals surface area (Å²) >= 11 is 2.23. The zero-order valence-corrected chi connectivity index (χ0v) is 38.4. The van der Waals surface area contributed by atoms with Crippen LogP contribution in [0.25, 0.3) is 0 Å². The van der Waals surface area contributed by atoms with Crippen molar-refractivity contribution in [3.63, 3.8) is 0 Å². The Morgan fingerprint density at radius 3 is 1.40 bits per heavy atom. The highest BCUT2D eigenvalue weighted by Crippen LogP contribution is 2.43. The first kappa shape index (κ1) is 47.0. The van der Waals surface area contributed by atoms with Crippen molar-refractivity contribution in [2.24, 2.45) is 0 Å². The third kappa shape index (κ3) is 9.78. The van der Waals surface area contributed by atoms with Crippen molar-refractivity contribution in [3.8, 4) is 0 Å². The number of anilines is 2. The summed E-state index contributed by atoms with van der Waals surface area (Å²) in [6.07, 6.45) is -4.33. The molecule has 0 radical (unpaired) electrons. The Balaban J connectivity index is 0.000000170. The number of hydrogen-bond donors (Lipinski definition) is 3. The Hall–Kier alpha value is -6.04. The van der Waals surface area contributed by atoms with Crippen molar-refractivity contribution < 1.29 is 45.8 Å². The van der Waals surface area contributed by atoms with Gasteiger partial charge in [0.1, 0.15) is 0 Å². The quantitative estimate of drug-likeness (QED) is 0.0985. The van der Waals surface area contributed by atoms with Gasteiger partial charge in [-0.3, -0.25) is 20.2 Å². The molecule has 2 heterocycles. The first-order valence-corrected chi connectivity index (χ1v) is 23.4. The standard InChI is InChI=1S/C27H23F3N2O3.C26H22F3IN2O/c28-27(29,30)19-9-11-20(12-10-19)32-24(17-5-3-6-18(14-17)26(34)35)15-23(25(32)33)31-22-13-8-16-4-1-2-7-21(16)22;27-26(28,29)18-9-11-20(12-10-18)32-24(17-5-3-6-19(30)14-17)15-23(25(32)33)31-22-13-8-16-4-1-2-7-21(16)22/h1-7,9-12,14,22-24,31H,8,13,15H2,(H,34,35);1-7,9-12,14,22-24,31H,8,13,15H2/t2*22-,23-,24-/m11/s1. The Labute approximate surface area is 402 Å². The van der Waals surface area contributed by atoms with Crippen molar-refractivity contribution in [3.05, 3.63) is 199 Å². The number of carboxylic acids is 1. The second kappa shape index (κ2) is 19.2. The molecule has 3 N–H and O–H groups in total. The molecule has 2 aliphatic carbocycles. The summed E-state index contributed by atoms with van der Waals surface area (Å²) in [4.78, 5) is 41.9. The van der Waals surface area contributed by atoms with Gasteiger partial charge in [-0.05, 0) is 167 Å². The highest BCUT2D eigenvalue weighted by atomic mass is 127. The molecule has 0 unspecified atom stereocenters. The number of hydrogen-bond acceptors (Lipinski definition) is 5. The van der Waals surface area contributed by atoms with Gasteiger partial charge in [-0.1, -0.05) is 72.8 Å². The maximum atomic E-state index is 13.6. The number of benzene rings is 6. The topological polar surface area (TPSA) is 102 Å².